The minimum absolute atomic E-state index is 0.0452. The van der Waals surface area contributed by atoms with Gasteiger partial charge in [-0.15, -0.1) is 0 Å². The molecule has 3 rings (SSSR count). The van der Waals surface area contributed by atoms with Crippen LogP contribution in [0.4, 0.5) is 0 Å². The highest BCUT2D eigenvalue weighted by molar-refractivity contribution is 5.94. The summed E-state index contributed by atoms with van der Waals surface area (Å²) >= 11 is 0. The Bertz CT molecular complexity index is 784. The van der Waals surface area contributed by atoms with Crippen molar-refractivity contribution in [3.8, 4) is 0 Å². The second-order valence-corrected chi connectivity index (χ2v) is 4.99. The van der Waals surface area contributed by atoms with Gasteiger partial charge in [-0.05, 0) is 0 Å². The van der Waals surface area contributed by atoms with Gasteiger partial charge < -0.3 is 25.0 Å². The molecular weight excluding hydrogens is 296 g/mol. The number of aliphatic hydroxyl groups is 3. The van der Waals surface area contributed by atoms with Crippen molar-refractivity contribution in [2.45, 2.75) is 31.5 Å². The molecule has 4 N–H and O–H groups in total. The van der Waals surface area contributed by atoms with E-state index < -0.39 is 42.5 Å². The number of Topliss-reactive ketones (excluding diaryl/α,β-unsaturated/α-hetero) is 1. The molecule has 0 aliphatic carbocycles. The van der Waals surface area contributed by atoms with Crippen molar-refractivity contribution in [1.82, 2.24) is 19.5 Å². The predicted octanol–water partition coefficient (Wildman–Crippen LogP) is -2.07. The van der Waals surface area contributed by atoms with Gasteiger partial charge in [-0.1, -0.05) is 0 Å². The van der Waals surface area contributed by atoms with Crippen molar-refractivity contribution in [1.29, 1.82) is 0 Å². The molecule has 2 aromatic heterocycles. The van der Waals surface area contributed by atoms with Crippen molar-refractivity contribution < 1.29 is 24.9 Å². The number of aromatic nitrogens is 4. The molecule has 0 aromatic carbocycles. The van der Waals surface area contributed by atoms with E-state index in [0.717, 1.165) is 10.9 Å². The number of aromatic amines is 1. The number of carbonyl (C=O) groups is 1. The molecule has 3 heterocycles. The summed E-state index contributed by atoms with van der Waals surface area (Å²) in [6.07, 6.45) is -3.82. The topological polar surface area (TPSA) is 151 Å². The number of fused-ring (bicyclic) bond motifs is 1. The number of imidazole rings is 1. The van der Waals surface area contributed by atoms with Gasteiger partial charge in [-0.3, -0.25) is 14.2 Å². The molecule has 22 heavy (non-hydrogen) atoms. The predicted molar refractivity (Wildman–Crippen MR) is 71.2 cm³/mol. The van der Waals surface area contributed by atoms with Crippen molar-refractivity contribution in [3.63, 3.8) is 0 Å². The van der Waals surface area contributed by atoms with Crippen LogP contribution in [0, 0.1) is 0 Å². The maximum atomic E-state index is 11.8. The van der Waals surface area contributed by atoms with Crippen molar-refractivity contribution in [3.05, 3.63) is 22.5 Å². The van der Waals surface area contributed by atoms with Gasteiger partial charge in [0.05, 0.1) is 12.9 Å². The molecule has 10 heteroatoms. The molecular formula is C12H14N4O6. The van der Waals surface area contributed by atoms with E-state index in [2.05, 4.69) is 15.0 Å². The molecule has 1 saturated heterocycles. The quantitative estimate of drug-likeness (QED) is 0.472. The minimum Gasteiger partial charge on any atom is -0.394 e. The number of nitrogens with zero attached hydrogens (tertiary/aromatic N) is 3. The zero-order valence-corrected chi connectivity index (χ0v) is 11.5. The normalized spacial score (nSPS) is 28.4. The van der Waals surface area contributed by atoms with Gasteiger partial charge in [0, 0.05) is 6.92 Å². The second-order valence-electron chi connectivity index (χ2n) is 4.99. The molecule has 4 atom stereocenters. The van der Waals surface area contributed by atoms with Crippen LogP contribution in [-0.2, 0) is 4.74 Å². The van der Waals surface area contributed by atoms with Crippen LogP contribution in [0.3, 0.4) is 0 Å². The lowest BCUT2D eigenvalue weighted by Crippen LogP contribution is -2.33. The van der Waals surface area contributed by atoms with Crippen LogP contribution in [0.2, 0.25) is 0 Å². The van der Waals surface area contributed by atoms with Crippen LogP contribution in [0.15, 0.2) is 11.1 Å². The number of H-pyrrole nitrogens is 1. The molecule has 0 amide bonds. The first-order chi connectivity index (χ1) is 10.5. The molecule has 1 aliphatic rings. The molecule has 10 nitrogen and oxygen atoms in total. The standard InChI is InChI=1S/C12H14N4O6/c1-4(18)9-15-6-10(13-3-14-11(6)21)16(9)12-8(20)7(19)5(2-17)22-12/h3,5,7-8,12,17,19-20H,2H2,1H3,(H,13,14,21)/t5-,7-,8-,12-/m1/s1. The number of hydrogen-bond acceptors (Lipinski definition) is 8. The lowest BCUT2D eigenvalue weighted by atomic mass is 10.1. The highest BCUT2D eigenvalue weighted by atomic mass is 16.6. The molecule has 0 saturated carbocycles. The smallest absolute Gasteiger partial charge is 0.278 e. The van der Waals surface area contributed by atoms with Gasteiger partial charge in [0.2, 0.25) is 0 Å². The molecule has 0 unspecified atom stereocenters. The first-order valence-corrected chi connectivity index (χ1v) is 6.54. The summed E-state index contributed by atoms with van der Waals surface area (Å²) in [6.45, 7) is 0.734. The summed E-state index contributed by atoms with van der Waals surface area (Å²) in [5.41, 5.74) is -0.577. The molecule has 0 spiro atoms. The van der Waals surface area contributed by atoms with Crippen molar-refractivity contribution in [2.75, 3.05) is 6.61 Å². The third-order valence-electron chi connectivity index (χ3n) is 3.57. The van der Waals surface area contributed by atoms with Gasteiger partial charge >= 0.3 is 0 Å². The van der Waals surface area contributed by atoms with Gasteiger partial charge in [0.15, 0.2) is 29.0 Å². The van der Waals surface area contributed by atoms with Gasteiger partial charge in [-0.25, -0.2) is 9.97 Å². The van der Waals surface area contributed by atoms with Crippen LogP contribution >= 0.6 is 0 Å². The fourth-order valence-corrected chi connectivity index (χ4v) is 2.50. The summed E-state index contributed by atoms with van der Waals surface area (Å²) in [4.78, 5) is 33.8. The number of ether oxygens (including phenoxy) is 1. The van der Waals surface area contributed by atoms with E-state index in [1.807, 2.05) is 0 Å². The Balaban J connectivity index is 2.22. The summed E-state index contributed by atoms with van der Waals surface area (Å²) in [6, 6.07) is 0. The van der Waals surface area contributed by atoms with Gasteiger partial charge in [0.25, 0.3) is 5.56 Å². The van der Waals surface area contributed by atoms with E-state index in [1.165, 1.54) is 6.92 Å². The average Bonchev–Trinajstić information content (AvgIpc) is 3.00. The van der Waals surface area contributed by atoms with Gasteiger partial charge in [-0.2, -0.15) is 0 Å². The van der Waals surface area contributed by atoms with Crippen LogP contribution in [0.5, 0.6) is 0 Å². The summed E-state index contributed by atoms with van der Waals surface area (Å²) in [7, 11) is 0. The van der Waals surface area contributed by atoms with E-state index in [0.29, 0.717) is 0 Å². The van der Waals surface area contributed by atoms with E-state index in [4.69, 9.17) is 9.84 Å². The molecule has 118 valence electrons. The number of ketones is 1. The number of hydrogen-bond donors (Lipinski definition) is 4. The first kappa shape index (κ1) is 14.8. The molecule has 0 bridgehead atoms. The lowest BCUT2D eigenvalue weighted by molar-refractivity contribution is -0.0517. The first-order valence-electron chi connectivity index (χ1n) is 6.54. The molecule has 0 radical (unpaired) electrons. The van der Waals surface area contributed by atoms with Crippen LogP contribution in [0.1, 0.15) is 23.8 Å². The SMILES string of the molecule is CC(=O)c1nc2c(=O)[nH]cnc2n1[C@@H]1O[C@H](CO)[C@@H](O)[C@H]1O. The van der Waals surface area contributed by atoms with E-state index in [1.54, 1.807) is 0 Å². The number of nitrogens with one attached hydrogen (secondary N) is 1. The highest BCUT2D eigenvalue weighted by Gasteiger charge is 2.45. The maximum absolute atomic E-state index is 11.8. The summed E-state index contributed by atoms with van der Waals surface area (Å²) < 4.78 is 6.55. The van der Waals surface area contributed by atoms with Crippen LogP contribution in [0.25, 0.3) is 11.2 Å². The highest BCUT2D eigenvalue weighted by Crippen LogP contribution is 2.32. The largest absolute Gasteiger partial charge is 0.394 e. The average molecular weight is 310 g/mol. The van der Waals surface area contributed by atoms with Crippen LogP contribution < -0.4 is 5.56 Å². The van der Waals surface area contributed by atoms with E-state index in [-0.39, 0.29) is 17.0 Å². The molecule has 1 fully saturated rings. The van der Waals surface area contributed by atoms with E-state index in [9.17, 15) is 19.8 Å². The monoisotopic (exact) mass is 310 g/mol. The Morgan fingerprint density at radius 3 is 2.77 bits per heavy atom. The van der Waals surface area contributed by atoms with Gasteiger partial charge in [0.1, 0.15) is 18.3 Å². The van der Waals surface area contributed by atoms with E-state index >= 15 is 0 Å². The maximum Gasteiger partial charge on any atom is 0.278 e. The zero-order valence-electron chi connectivity index (χ0n) is 11.5. The third kappa shape index (κ3) is 2.04. The Hall–Kier alpha value is -2.14. The molecule has 2 aromatic rings. The van der Waals surface area contributed by atoms with Crippen molar-refractivity contribution in [2.24, 2.45) is 0 Å². The number of aliphatic hydroxyl groups excluding tert-OH is 3. The lowest BCUT2D eigenvalue weighted by Gasteiger charge is -2.18. The second kappa shape index (κ2) is 5.25. The van der Waals surface area contributed by atoms with Crippen molar-refractivity contribution >= 4 is 16.9 Å². The fourth-order valence-electron chi connectivity index (χ4n) is 2.50. The molecule has 1 aliphatic heterocycles. The number of carbonyl (C=O) groups excluding carboxylic acids is 1. The number of rotatable bonds is 3. The Kier molecular flexibility index (Phi) is 3.53. The summed E-state index contributed by atoms with van der Waals surface area (Å²) in [5.74, 6) is -0.593. The Morgan fingerprint density at radius 2 is 2.18 bits per heavy atom. The Labute approximate surface area is 123 Å². The Morgan fingerprint density at radius 1 is 1.45 bits per heavy atom. The minimum atomic E-state index is -1.41. The fraction of sp³-hybridized carbons (Fsp3) is 0.500. The summed E-state index contributed by atoms with van der Waals surface area (Å²) in [5, 5.41) is 29.1. The third-order valence-corrected chi connectivity index (χ3v) is 3.57. The zero-order chi connectivity index (χ0) is 16.0. The van der Waals surface area contributed by atoms with Crippen LogP contribution in [-0.4, -0.2) is 65.5 Å².